The van der Waals surface area contributed by atoms with Crippen LogP contribution in [0.5, 0.6) is 0 Å². The van der Waals surface area contributed by atoms with Crippen molar-refractivity contribution in [3.8, 4) is 0 Å². The molecule has 0 aromatic rings. The number of hydrogen-bond donors (Lipinski definition) is 1. The fraction of sp³-hybridized carbons (Fsp3) is 1.00. The minimum absolute atomic E-state index is 0.720. The standard InChI is InChI=1S/C14H30N2S/c1-6-15-14-7-8-16(13(4)12(14)3)9-11(2)10-17-5/h11-15H,6-10H2,1-5H3. The van der Waals surface area contributed by atoms with Crippen LogP contribution in [0.25, 0.3) is 0 Å². The number of rotatable bonds is 6. The van der Waals surface area contributed by atoms with E-state index in [9.17, 15) is 0 Å². The molecular weight excluding hydrogens is 228 g/mol. The number of hydrogen-bond acceptors (Lipinski definition) is 3. The SMILES string of the molecule is CCNC1CCN(CC(C)CSC)C(C)C1C. The van der Waals surface area contributed by atoms with Crippen molar-refractivity contribution in [3.63, 3.8) is 0 Å². The van der Waals surface area contributed by atoms with Crippen LogP contribution in [0.2, 0.25) is 0 Å². The number of piperidine rings is 1. The Bertz CT molecular complexity index is 210. The summed E-state index contributed by atoms with van der Waals surface area (Å²) in [6, 6.07) is 1.44. The highest BCUT2D eigenvalue weighted by molar-refractivity contribution is 7.98. The Hall–Kier alpha value is 0.270. The molecule has 4 unspecified atom stereocenters. The lowest BCUT2D eigenvalue weighted by atomic mass is 9.86. The van der Waals surface area contributed by atoms with Crippen molar-refractivity contribution in [3.05, 3.63) is 0 Å². The number of nitrogens with zero attached hydrogens (tertiary/aromatic N) is 1. The first-order valence-corrected chi connectivity index (χ1v) is 8.45. The van der Waals surface area contributed by atoms with Crippen LogP contribution in [0.1, 0.15) is 34.1 Å². The lowest BCUT2D eigenvalue weighted by molar-refractivity contribution is 0.0758. The van der Waals surface area contributed by atoms with Gasteiger partial charge in [0.15, 0.2) is 0 Å². The molecule has 1 aliphatic rings. The van der Waals surface area contributed by atoms with Gasteiger partial charge in [0, 0.05) is 18.6 Å². The Morgan fingerprint density at radius 3 is 2.71 bits per heavy atom. The van der Waals surface area contributed by atoms with Crippen molar-refractivity contribution >= 4 is 11.8 Å². The van der Waals surface area contributed by atoms with E-state index in [0.717, 1.165) is 30.5 Å². The van der Waals surface area contributed by atoms with E-state index in [0.29, 0.717) is 0 Å². The number of thioether (sulfide) groups is 1. The molecule has 17 heavy (non-hydrogen) atoms. The van der Waals surface area contributed by atoms with E-state index in [1.807, 2.05) is 11.8 Å². The predicted molar refractivity (Wildman–Crippen MR) is 79.8 cm³/mol. The van der Waals surface area contributed by atoms with Crippen LogP contribution in [-0.4, -0.2) is 48.6 Å². The molecule has 0 amide bonds. The van der Waals surface area contributed by atoms with Crippen LogP contribution in [0, 0.1) is 11.8 Å². The van der Waals surface area contributed by atoms with Crippen LogP contribution in [0.15, 0.2) is 0 Å². The van der Waals surface area contributed by atoms with Crippen molar-refractivity contribution in [1.29, 1.82) is 0 Å². The van der Waals surface area contributed by atoms with Gasteiger partial charge in [-0.25, -0.2) is 0 Å². The topological polar surface area (TPSA) is 15.3 Å². The molecule has 0 aromatic carbocycles. The smallest absolute Gasteiger partial charge is 0.0120 e. The van der Waals surface area contributed by atoms with E-state index in [-0.39, 0.29) is 0 Å². The minimum atomic E-state index is 0.720. The molecule has 0 aliphatic carbocycles. The zero-order chi connectivity index (χ0) is 12.8. The van der Waals surface area contributed by atoms with E-state index in [1.165, 1.54) is 25.3 Å². The van der Waals surface area contributed by atoms with E-state index in [2.05, 4.69) is 44.2 Å². The van der Waals surface area contributed by atoms with Crippen molar-refractivity contribution in [1.82, 2.24) is 10.2 Å². The zero-order valence-electron chi connectivity index (χ0n) is 12.2. The third kappa shape index (κ3) is 4.46. The highest BCUT2D eigenvalue weighted by atomic mass is 32.2. The van der Waals surface area contributed by atoms with Gasteiger partial charge in [-0.2, -0.15) is 11.8 Å². The molecule has 2 nitrogen and oxygen atoms in total. The molecular formula is C14H30N2S. The van der Waals surface area contributed by atoms with Gasteiger partial charge in [0.25, 0.3) is 0 Å². The van der Waals surface area contributed by atoms with Crippen molar-refractivity contribution in [2.45, 2.75) is 46.2 Å². The first kappa shape index (κ1) is 15.3. The lowest BCUT2D eigenvalue weighted by Crippen LogP contribution is -2.54. The number of likely N-dealkylation sites (tertiary alicyclic amines) is 1. The summed E-state index contributed by atoms with van der Waals surface area (Å²) < 4.78 is 0. The van der Waals surface area contributed by atoms with Gasteiger partial charge in [0.05, 0.1) is 0 Å². The molecule has 1 aliphatic heterocycles. The van der Waals surface area contributed by atoms with Gasteiger partial charge in [0.2, 0.25) is 0 Å². The largest absolute Gasteiger partial charge is 0.314 e. The molecule has 3 heteroatoms. The zero-order valence-corrected chi connectivity index (χ0v) is 13.0. The van der Waals surface area contributed by atoms with Gasteiger partial charge in [0.1, 0.15) is 0 Å². The predicted octanol–water partition coefficient (Wildman–Crippen LogP) is 2.69. The Kier molecular flexibility index (Phi) is 6.90. The van der Waals surface area contributed by atoms with Gasteiger partial charge in [-0.1, -0.05) is 20.8 Å². The van der Waals surface area contributed by atoms with Crippen LogP contribution in [0.4, 0.5) is 0 Å². The molecule has 1 saturated heterocycles. The van der Waals surface area contributed by atoms with Crippen LogP contribution >= 0.6 is 11.8 Å². The highest BCUT2D eigenvalue weighted by Crippen LogP contribution is 2.24. The normalized spacial score (nSPS) is 32.6. The van der Waals surface area contributed by atoms with Crippen molar-refractivity contribution in [2.24, 2.45) is 11.8 Å². The Balaban J connectivity index is 2.44. The quantitative estimate of drug-likeness (QED) is 0.788. The molecule has 0 spiro atoms. The van der Waals surface area contributed by atoms with Gasteiger partial charge in [-0.3, -0.25) is 4.90 Å². The summed E-state index contributed by atoms with van der Waals surface area (Å²) in [4.78, 5) is 2.69. The van der Waals surface area contributed by atoms with Gasteiger partial charge in [-0.05, 0) is 50.3 Å². The van der Waals surface area contributed by atoms with Gasteiger partial charge < -0.3 is 5.32 Å². The first-order chi connectivity index (χ1) is 8.10. The fourth-order valence-corrected chi connectivity index (χ4v) is 3.66. The second kappa shape index (κ2) is 7.65. The van der Waals surface area contributed by atoms with Crippen molar-refractivity contribution in [2.75, 3.05) is 31.6 Å². The van der Waals surface area contributed by atoms with Crippen LogP contribution in [0.3, 0.4) is 0 Å². The monoisotopic (exact) mass is 258 g/mol. The average molecular weight is 258 g/mol. The first-order valence-electron chi connectivity index (χ1n) is 7.06. The minimum Gasteiger partial charge on any atom is -0.314 e. The molecule has 1 heterocycles. The average Bonchev–Trinajstić information content (AvgIpc) is 2.29. The number of nitrogens with one attached hydrogen (secondary N) is 1. The fourth-order valence-electron chi connectivity index (χ4n) is 2.99. The second-order valence-electron chi connectivity index (χ2n) is 5.61. The molecule has 0 bridgehead atoms. The molecule has 1 fully saturated rings. The Morgan fingerprint density at radius 2 is 2.12 bits per heavy atom. The summed E-state index contributed by atoms with van der Waals surface area (Å²) in [5, 5.41) is 3.63. The Morgan fingerprint density at radius 1 is 1.41 bits per heavy atom. The molecule has 4 atom stereocenters. The molecule has 0 radical (unpaired) electrons. The van der Waals surface area contributed by atoms with Crippen molar-refractivity contribution < 1.29 is 0 Å². The molecule has 0 saturated carbocycles. The maximum Gasteiger partial charge on any atom is 0.0120 e. The van der Waals surface area contributed by atoms with Gasteiger partial charge >= 0.3 is 0 Å². The van der Waals surface area contributed by atoms with E-state index in [4.69, 9.17) is 0 Å². The van der Waals surface area contributed by atoms with Gasteiger partial charge in [-0.15, -0.1) is 0 Å². The summed E-state index contributed by atoms with van der Waals surface area (Å²) in [6.07, 6.45) is 3.52. The van der Waals surface area contributed by atoms with E-state index < -0.39 is 0 Å². The second-order valence-corrected chi connectivity index (χ2v) is 6.52. The lowest BCUT2D eigenvalue weighted by Gasteiger charge is -2.44. The summed E-state index contributed by atoms with van der Waals surface area (Å²) in [6.45, 7) is 13.0. The van der Waals surface area contributed by atoms with Crippen LogP contribution < -0.4 is 5.32 Å². The molecule has 1 rings (SSSR count). The summed E-state index contributed by atoms with van der Waals surface area (Å²) in [7, 11) is 0. The Labute approximate surface area is 112 Å². The van der Waals surface area contributed by atoms with E-state index >= 15 is 0 Å². The van der Waals surface area contributed by atoms with E-state index in [1.54, 1.807) is 0 Å². The summed E-state index contributed by atoms with van der Waals surface area (Å²) in [5.74, 6) is 2.87. The third-order valence-corrected chi connectivity index (χ3v) is 5.06. The molecule has 1 N–H and O–H groups in total. The maximum atomic E-state index is 3.63. The highest BCUT2D eigenvalue weighted by Gasteiger charge is 2.32. The van der Waals surface area contributed by atoms with Crippen LogP contribution in [-0.2, 0) is 0 Å². The molecule has 102 valence electrons. The molecule has 0 aromatic heterocycles. The summed E-state index contributed by atoms with van der Waals surface area (Å²) in [5.41, 5.74) is 0. The third-order valence-electron chi connectivity index (χ3n) is 4.16. The summed E-state index contributed by atoms with van der Waals surface area (Å²) >= 11 is 1.97. The maximum absolute atomic E-state index is 3.63.